The molecule has 2 aromatic carbocycles. The highest BCUT2D eigenvalue weighted by Crippen LogP contribution is 2.32. The Morgan fingerprint density at radius 1 is 1.08 bits per heavy atom. The van der Waals surface area contributed by atoms with Gasteiger partial charge in [-0.3, -0.25) is 19.9 Å². The molecule has 0 aliphatic carbocycles. The Hall–Kier alpha value is -3.79. The highest BCUT2D eigenvalue weighted by molar-refractivity contribution is 7.90. The molecule has 0 unspecified atom stereocenters. The van der Waals surface area contributed by atoms with E-state index in [1.165, 1.54) is 25.3 Å². The van der Waals surface area contributed by atoms with Crippen molar-refractivity contribution >= 4 is 21.6 Å². The monoisotopic (exact) mass is 525 g/mol. The minimum absolute atomic E-state index is 0.0103. The van der Waals surface area contributed by atoms with Crippen LogP contribution in [0, 0.1) is 30.9 Å². The van der Waals surface area contributed by atoms with Gasteiger partial charge in [0.15, 0.2) is 0 Å². The second-order valence-corrected chi connectivity index (χ2v) is 11.7. The molecular formula is C27H31N3O6S. The predicted molar refractivity (Wildman–Crippen MR) is 141 cm³/mol. The van der Waals surface area contributed by atoms with Gasteiger partial charge in [-0.2, -0.15) is 0 Å². The van der Waals surface area contributed by atoms with Gasteiger partial charge in [-0.25, -0.2) is 13.1 Å². The summed E-state index contributed by atoms with van der Waals surface area (Å²) in [5.74, 6) is -0.752. The second-order valence-electron chi connectivity index (χ2n) is 10.0. The van der Waals surface area contributed by atoms with Gasteiger partial charge in [-0.15, -0.1) is 0 Å². The number of carbonyl (C=O) groups excluding carboxylic acids is 1. The molecule has 1 heterocycles. The van der Waals surface area contributed by atoms with Crippen LogP contribution in [-0.4, -0.2) is 31.3 Å². The molecule has 1 amide bonds. The van der Waals surface area contributed by atoms with E-state index in [1.54, 1.807) is 6.07 Å². The van der Waals surface area contributed by atoms with Gasteiger partial charge in [0.1, 0.15) is 11.3 Å². The van der Waals surface area contributed by atoms with Crippen molar-refractivity contribution in [3.8, 4) is 5.75 Å². The first-order chi connectivity index (χ1) is 17.1. The Morgan fingerprint density at radius 2 is 1.70 bits per heavy atom. The lowest BCUT2D eigenvalue weighted by atomic mass is 9.89. The van der Waals surface area contributed by atoms with Crippen LogP contribution in [0.2, 0.25) is 0 Å². The molecule has 0 radical (unpaired) electrons. The van der Waals surface area contributed by atoms with Crippen LogP contribution >= 0.6 is 0 Å². The summed E-state index contributed by atoms with van der Waals surface area (Å²) >= 11 is 0. The molecule has 0 saturated heterocycles. The van der Waals surface area contributed by atoms with E-state index < -0.39 is 31.4 Å². The van der Waals surface area contributed by atoms with E-state index in [-0.39, 0.29) is 23.1 Å². The fraction of sp³-hybridized carbons (Fsp3) is 0.333. The summed E-state index contributed by atoms with van der Waals surface area (Å²) in [6.07, 6.45) is 0.276. The van der Waals surface area contributed by atoms with Gasteiger partial charge in [0, 0.05) is 35.7 Å². The van der Waals surface area contributed by atoms with Crippen molar-refractivity contribution < 1.29 is 22.9 Å². The number of benzene rings is 2. The first kappa shape index (κ1) is 27.8. The molecule has 1 N–H and O–H groups in total. The van der Waals surface area contributed by atoms with Crippen LogP contribution in [-0.2, 0) is 21.9 Å². The van der Waals surface area contributed by atoms with Crippen LogP contribution in [0.1, 0.15) is 64.8 Å². The summed E-state index contributed by atoms with van der Waals surface area (Å²) in [6, 6.07) is 10.2. The van der Waals surface area contributed by atoms with Crippen molar-refractivity contribution in [1.82, 2.24) is 9.71 Å². The molecule has 196 valence electrons. The van der Waals surface area contributed by atoms with Crippen LogP contribution in [0.3, 0.4) is 0 Å². The number of nitrogens with one attached hydrogen (secondary N) is 1. The number of nitrogens with zero attached hydrogens (tertiary/aromatic N) is 2. The molecule has 37 heavy (non-hydrogen) atoms. The van der Waals surface area contributed by atoms with E-state index in [2.05, 4.69) is 0 Å². The van der Waals surface area contributed by atoms with E-state index in [4.69, 9.17) is 9.72 Å². The lowest BCUT2D eigenvalue weighted by molar-refractivity contribution is -0.385. The Balaban J connectivity index is 2.15. The number of aryl methyl sites for hydroxylation is 3. The Morgan fingerprint density at radius 3 is 2.24 bits per heavy atom. The van der Waals surface area contributed by atoms with Gasteiger partial charge >= 0.3 is 0 Å². The van der Waals surface area contributed by atoms with E-state index >= 15 is 0 Å². The third-order valence-corrected chi connectivity index (χ3v) is 7.35. The summed E-state index contributed by atoms with van der Waals surface area (Å²) in [5.41, 5.74) is 4.38. The Bertz CT molecular complexity index is 1470. The molecule has 0 aliphatic heterocycles. The molecule has 3 rings (SSSR count). The third kappa shape index (κ3) is 6.14. The summed E-state index contributed by atoms with van der Waals surface area (Å²) in [4.78, 5) is 28.3. The molecule has 0 spiro atoms. The fourth-order valence-electron chi connectivity index (χ4n) is 4.14. The van der Waals surface area contributed by atoms with Crippen LogP contribution in [0.5, 0.6) is 5.75 Å². The van der Waals surface area contributed by atoms with E-state index in [0.717, 1.165) is 28.3 Å². The zero-order valence-corrected chi connectivity index (χ0v) is 22.8. The molecule has 0 atom stereocenters. The highest BCUT2D eigenvalue weighted by atomic mass is 32.2. The average molecular weight is 526 g/mol. The number of nitro benzene ring substituents is 1. The van der Waals surface area contributed by atoms with Gasteiger partial charge in [0.2, 0.25) is 0 Å². The first-order valence-electron chi connectivity index (χ1n) is 11.6. The van der Waals surface area contributed by atoms with Gasteiger partial charge in [0.25, 0.3) is 21.6 Å². The number of non-ortho nitro benzene ring substituents is 1. The van der Waals surface area contributed by atoms with Crippen LogP contribution in [0.15, 0.2) is 47.4 Å². The Kier molecular flexibility index (Phi) is 7.73. The van der Waals surface area contributed by atoms with Crippen molar-refractivity contribution in [3.63, 3.8) is 0 Å². The summed E-state index contributed by atoms with van der Waals surface area (Å²) in [6.45, 7) is 11.9. The molecule has 10 heteroatoms. The number of carbonyl (C=O) groups is 1. The number of hydrogen-bond donors (Lipinski definition) is 1. The van der Waals surface area contributed by atoms with Crippen molar-refractivity contribution in [3.05, 3.63) is 91.8 Å². The minimum atomic E-state index is -4.43. The number of hydrogen-bond acceptors (Lipinski definition) is 7. The molecule has 9 nitrogen and oxygen atoms in total. The van der Waals surface area contributed by atoms with E-state index in [1.807, 2.05) is 58.4 Å². The van der Waals surface area contributed by atoms with Crippen molar-refractivity contribution in [2.24, 2.45) is 0 Å². The maximum Gasteiger partial charge on any atom is 0.270 e. The largest absolute Gasteiger partial charge is 0.496 e. The fourth-order valence-corrected chi connectivity index (χ4v) is 5.14. The van der Waals surface area contributed by atoms with Crippen molar-refractivity contribution in [2.75, 3.05) is 7.11 Å². The number of sulfonamides is 1. The molecule has 0 bridgehead atoms. The molecule has 3 aromatic rings. The van der Waals surface area contributed by atoms with Gasteiger partial charge in [0.05, 0.1) is 22.6 Å². The SMILES string of the molecule is COc1cc(C(C)(C)C)nc(Cc2c(C)cc(C)cc2C)c1C(=O)NS(=O)(=O)c1cccc([N+](=O)[O-])c1. The van der Waals surface area contributed by atoms with E-state index in [0.29, 0.717) is 11.4 Å². The maximum absolute atomic E-state index is 13.5. The quantitative estimate of drug-likeness (QED) is 0.342. The lowest BCUT2D eigenvalue weighted by Crippen LogP contribution is -2.32. The first-order valence-corrected chi connectivity index (χ1v) is 13.1. The molecule has 0 saturated carbocycles. The number of nitro groups is 1. The maximum atomic E-state index is 13.5. The van der Waals surface area contributed by atoms with Crippen LogP contribution < -0.4 is 9.46 Å². The number of methoxy groups -OCH3 is 1. The van der Waals surface area contributed by atoms with Gasteiger partial charge < -0.3 is 4.74 Å². The number of rotatable bonds is 7. The van der Waals surface area contributed by atoms with Gasteiger partial charge in [-0.05, 0) is 43.5 Å². The van der Waals surface area contributed by atoms with Crippen LogP contribution in [0.25, 0.3) is 0 Å². The number of aromatic nitrogens is 1. The average Bonchev–Trinajstić information content (AvgIpc) is 2.79. The standard InChI is InChI=1S/C27H31N3O6S/c1-16-11-17(2)21(18(3)12-16)14-22-25(23(36-7)15-24(28-22)27(4,5)6)26(31)29-37(34,35)20-10-8-9-19(13-20)30(32)33/h8-13,15H,14H2,1-7H3,(H,29,31). The molecule has 0 aliphatic rings. The second kappa shape index (κ2) is 10.3. The number of ether oxygens (including phenoxy) is 1. The summed E-state index contributed by atoms with van der Waals surface area (Å²) < 4.78 is 33.6. The topological polar surface area (TPSA) is 128 Å². The highest BCUT2D eigenvalue weighted by Gasteiger charge is 2.29. The molecule has 1 aromatic heterocycles. The normalized spacial score (nSPS) is 11.8. The van der Waals surface area contributed by atoms with Gasteiger partial charge in [-0.1, -0.05) is 44.5 Å². The molecular weight excluding hydrogens is 494 g/mol. The zero-order valence-electron chi connectivity index (χ0n) is 22.0. The van der Waals surface area contributed by atoms with E-state index in [9.17, 15) is 23.3 Å². The van der Waals surface area contributed by atoms with Crippen molar-refractivity contribution in [2.45, 2.75) is 58.3 Å². The predicted octanol–water partition coefficient (Wildman–Crippen LogP) is 4.93. The Labute approximate surface area is 217 Å². The molecule has 0 fully saturated rings. The smallest absolute Gasteiger partial charge is 0.270 e. The zero-order chi connectivity index (χ0) is 27.7. The lowest BCUT2D eigenvalue weighted by Gasteiger charge is -2.23. The van der Waals surface area contributed by atoms with Crippen molar-refractivity contribution in [1.29, 1.82) is 0 Å². The summed E-state index contributed by atoms with van der Waals surface area (Å²) in [7, 11) is -3.02. The number of pyridine rings is 1. The number of amides is 1. The minimum Gasteiger partial charge on any atom is -0.496 e. The third-order valence-electron chi connectivity index (χ3n) is 6.02. The summed E-state index contributed by atoms with van der Waals surface area (Å²) in [5, 5.41) is 11.1. The van der Waals surface area contributed by atoms with Crippen LogP contribution in [0.4, 0.5) is 5.69 Å².